The molecule has 2 heterocycles. The van der Waals surface area contributed by atoms with Gasteiger partial charge in [-0.2, -0.15) is 5.10 Å². The maximum Gasteiger partial charge on any atom is 0.250 e. The Morgan fingerprint density at radius 2 is 2.09 bits per heavy atom. The van der Waals surface area contributed by atoms with E-state index < -0.39 is 10.0 Å². The molecule has 120 valence electrons. The minimum absolute atomic E-state index is 0.0315. The van der Waals surface area contributed by atoms with Gasteiger partial charge in [0.1, 0.15) is 4.21 Å². The molecule has 1 N–H and O–H groups in total. The van der Waals surface area contributed by atoms with Gasteiger partial charge in [-0.25, -0.2) is 13.1 Å². The monoisotopic (exact) mass is 339 g/mol. The molecule has 0 saturated heterocycles. The number of hydrogen-bond acceptors (Lipinski definition) is 4. The van der Waals surface area contributed by atoms with Gasteiger partial charge in [-0.1, -0.05) is 6.92 Å². The van der Waals surface area contributed by atoms with E-state index in [1.165, 1.54) is 11.3 Å². The van der Waals surface area contributed by atoms with Crippen molar-refractivity contribution in [2.45, 2.75) is 55.3 Å². The Labute approximate surface area is 135 Å². The predicted octanol–water partition coefficient (Wildman–Crippen LogP) is 2.97. The van der Waals surface area contributed by atoms with E-state index in [2.05, 4.69) is 9.82 Å². The van der Waals surface area contributed by atoms with Crippen LogP contribution in [0.2, 0.25) is 0 Å². The lowest BCUT2D eigenvalue weighted by atomic mass is 9.92. The Balaban J connectivity index is 1.60. The molecule has 5 nitrogen and oxygen atoms in total. The van der Waals surface area contributed by atoms with Gasteiger partial charge in [-0.3, -0.25) is 4.68 Å². The van der Waals surface area contributed by atoms with Crippen LogP contribution in [-0.4, -0.2) is 24.2 Å². The standard InChI is InChI=1S/C15H21N3O2S2/c1-2-14-8-9-15(21-14)22(19,20)17-12-4-6-13(7-5-12)18-11-3-10-16-18/h3,8-13,17H,2,4-7H2,1H3. The molecule has 0 radical (unpaired) electrons. The highest BCUT2D eigenvalue weighted by atomic mass is 32.2. The van der Waals surface area contributed by atoms with Crippen molar-refractivity contribution in [2.75, 3.05) is 0 Å². The molecule has 0 bridgehead atoms. The normalized spacial score (nSPS) is 22.8. The van der Waals surface area contributed by atoms with Crippen LogP contribution >= 0.6 is 11.3 Å². The number of nitrogens with one attached hydrogen (secondary N) is 1. The van der Waals surface area contributed by atoms with E-state index in [4.69, 9.17) is 0 Å². The Morgan fingerprint density at radius 3 is 2.68 bits per heavy atom. The largest absolute Gasteiger partial charge is 0.270 e. The first-order valence-corrected chi connectivity index (χ1v) is 9.98. The highest BCUT2D eigenvalue weighted by Crippen LogP contribution is 2.29. The lowest BCUT2D eigenvalue weighted by Gasteiger charge is -2.28. The van der Waals surface area contributed by atoms with Gasteiger partial charge in [0.05, 0.1) is 6.04 Å². The second kappa shape index (κ2) is 6.52. The lowest BCUT2D eigenvalue weighted by molar-refractivity contribution is 0.294. The molecular weight excluding hydrogens is 318 g/mol. The van der Waals surface area contributed by atoms with E-state index in [0.29, 0.717) is 10.3 Å². The highest BCUT2D eigenvalue weighted by Gasteiger charge is 2.27. The number of nitrogens with zero attached hydrogens (tertiary/aromatic N) is 2. The summed E-state index contributed by atoms with van der Waals surface area (Å²) in [6.07, 6.45) is 8.27. The van der Waals surface area contributed by atoms with Crippen LogP contribution in [0.3, 0.4) is 0 Å². The third kappa shape index (κ3) is 3.42. The molecule has 22 heavy (non-hydrogen) atoms. The van der Waals surface area contributed by atoms with Gasteiger partial charge >= 0.3 is 0 Å². The summed E-state index contributed by atoms with van der Waals surface area (Å²) in [5.41, 5.74) is 0. The molecule has 0 aromatic carbocycles. The number of aryl methyl sites for hydroxylation is 1. The molecule has 0 amide bonds. The van der Waals surface area contributed by atoms with Gasteiger partial charge in [0, 0.05) is 23.3 Å². The van der Waals surface area contributed by atoms with Gasteiger partial charge < -0.3 is 0 Å². The van der Waals surface area contributed by atoms with Crippen molar-refractivity contribution in [3.63, 3.8) is 0 Å². The molecule has 2 aromatic rings. The molecule has 7 heteroatoms. The van der Waals surface area contributed by atoms with Gasteiger partial charge in [0.25, 0.3) is 0 Å². The molecule has 0 atom stereocenters. The quantitative estimate of drug-likeness (QED) is 0.911. The fraction of sp³-hybridized carbons (Fsp3) is 0.533. The first-order chi connectivity index (χ1) is 10.6. The van der Waals surface area contributed by atoms with Crippen LogP contribution in [-0.2, 0) is 16.4 Å². The van der Waals surface area contributed by atoms with E-state index in [9.17, 15) is 8.42 Å². The van der Waals surface area contributed by atoms with Crippen molar-refractivity contribution in [3.8, 4) is 0 Å². The molecule has 1 saturated carbocycles. The summed E-state index contributed by atoms with van der Waals surface area (Å²) in [6.45, 7) is 2.03. The zero-order valence-corrected chi connectivity index (χ0v) is 14.2. The summed E-state index contributed by atoms with van der Waals surface area (Å²) in [5.74, 6) is 0. The van der Waals surface area contributed by atoms with Gasteiger partial charge in [-0.05, 0) is 50.3 Å². The molecule has 0 unspecified atom stereocenters. The minimum atomic E-state index is -3.37. The Kier molecular flexibility index (Phi) is 4.65. The molecular formula is C15H21N3O2S2. The molecule has 1 aliphatic carbocycles. The van der Waals surface area contributed by atoms with E-state index in [1.807, 2.05) is 29.9 Å². The van der Waals surface area contributed by atoms with Crippen LogP contribution in [0.4, 0.5) is 0 Å². The first kappa shape index (κ1) is 15.7. The second-order valence-electron chi connectivity index (χ2n) is 5.69. The molecule has 3 rings (SSSR count). The van der Waals surface area contributed by atoms with Crippen molar-refractivity contribution in [2.24, 2.45) is 0 Å². The first-order valence-electron chi connectivity index (χ1n) is 7.68. The summed E-state index contributed by atoms with van der Waals surface area (Å²) in [5, 5.41) is 4.28. The van der Waals surface area contributed by atoms with E-state index >= 15 is 0 Å². The fourth-order valence-electron chi connectivity index (χ4n) is 2.93. The summed E-state index contributed by atoms with van der Waals surface area (Å²) < 4.78 is 30.1. The number of rotatable bonds is 5. The second-order valence-corrected chi connectivity index (χ2v) is 8.80. The third-order valence-electron chi connectivity index (χ3n) is 4.17. The summed E-state index contributed by atoms with van der Waals surface area (Å²) >= 11 is 1.36. The number of hydrogen-bond donors (Lipinski definition) is 1. The summed E-state index contributed by atoms with van der Waals surface area (Å²) in [4.78, 5) is 1.10. The Hall–Kier alpha value is -1.18. The van der Waals surface area contributed by atoms with Gasteiger partial charge in [0.2, 0.25) is 10.0 Å². The number of sulfonamides is 1. The maximum absolute atomic E-state index is 12.4. The lowest BCUT2D eigenvalue weighted by Crippen LogP contribution is -2.37. The van der Waals surface area contributed by atoms with Crippen molar-refractivity contribution in [1.29, 1.82) is 0 Å². The average Bonchev–Trinajstić information content (AvgIpc) is 3.19. The van der Waals surface area contributed by atoms with Gasteiger partial charge in [-0.15, -0.1) is 11.3 Å². The van der Waals surface area contributed by atoms with Crippen molar-refractivity contribution in [1.82, 2.24) is 14.5 Å². The molecule has 0 aliphatic heterocycles. The van der Waals surface area contributed by atoms with Crippen LogP contribution < -0.4 is 4.72 Å². The van der Waals surface area contributed by atoms with Crippen molar-refractivity contribution >= 4 is 21.4 Å². The zero-order valence-electron chi connectivity index (χ0n) is 12.6. The minimum Gasteiger partial charge on any atom is -0.270 e. The number of thiophene rings is 1. The maximum atomic E-state index is 12.4. The Morgan fingerprint density at radius 1 is 1.32 bits per heavy atom. The predicted molar refractivity (Wildman–Crippen MR) is 87.5 cm³/mol. The third-order valence-corrected chi connectivity index (χ3v) is 7.41. The average molecular weight is 339 g/mol. The van der Waals surface area contributed by atoms with Crippen molar-refractivity contribution < 1.29 is 8.42 Å². The molecule has 2 aromatic heterocycles. The molecule has 0 spiro atoms. The van der Waals surface area contributed by atoms with E-state index in [-0.39, 0.29) is 6.04 Å². The van der Waals surface area contributed by atoms with E-state index in [0.717, 1.165) is 37.0 Å². The van der Waals surface area contributed by atoms with Crippen LogP contribution in [0.25, 0.3) is 0 Å². The smallest absolute Gasteiger partial charge is 0.250 e. The SMILES string of the molecule is CCc1ccc(S(=O)(=O)NC2CCC(n3cccn3)CC2)s1. The van der Waals surface area contributed by atoms with Crippen molar-refractivity contribution in [3.05, 3.63) is 35.5 Å². The molecule has 1 fully saturated rings. The van der Waals surface area contributed by atoms with Crippen LogP contribution in [0.1, 0.15) is 43.5 Å². The topological polar surface area (TPSA) is 64.0 Å². The Bertz CT molecular complexity index is 699. The zero-order chi connectivity index (χ0) is 15.6. The van der Waals surface area contributed by atoms with Crippen LogP contribution in [0.15, 0.2) is 34.8 Å². The summed E-state index contributed by atoms with van der Waals surface area (Å²) in [7, 11) is -3.37. The molecule has 1 aliphatic rings. The van der Waals surface area contributed by atoms with Gasteiger partial charge in [0.15, 0.2) is 0 Å². The highest BCUT2D eigenvalue weighted by molar-refractivity contribution is 7.91. The van der Waals surface area contributed by atoms with Crippen LogP contribution in [0.5, 0.6) is 0 Å². The summed E-state index contributed by atoms with van der Waals surface area (Å²) in [6, 6.07) is 5.96. The van der Waals surface area contributed by atoms with Crippen LogP contribution in [0, 0.1) is 0 Å². The fourth-order valence-corrected chi connectivity index (χ4v) is 5.54. The number of aromatic nitrogens is 2. The van der Waals surface area contributed by atoms with E-state index in [1.54, 1.807) is 12.3 Å².